The van der Waals surface area contributed by atoms with Crippen molar-refractivity contribution in [3.8, 4) is 0 Å². The molecule has 1 aromatic heterocycles. The Labute approximate surface area is 185 Å². The van der Waals surface area contributed by atoms with Gasteiger partial charge in [0.15, 0.2) is 0 Å². The number of ether oxygens (including phenoxy) is 1. The molecule has 0 radical (unpaired) electrons. The van der Waals surface area contributed by atoms with Crippen LogP contribution >= 0.6 is 11.6 Å². The SMILES string of the molecule is COC1(c2ccnc(Cl)c2)C(C)CCCC1CN(C)C12CC(c3ccccc3)(C1)C2. The van der Waals surface area contributed by atoms with Crippen molar-refractivity contribution in [1.29, 1.82) is 0 Å². The van der Waals surface area contributed by atoms with Crippen LogP contribution in [0.5, 0.6) is 0 Å². The fourth-order valence-corrected chi connectivity index (χ4v) is 7.32. The lowest BCUT2D eigenvalue weighted by molar-refractivity contribution is -0.187. The summed E-state index contributed by atoms with van der Waals surface area (Å²) in [5.74, 6) is 0.910. The fraction of sp³-hybridized carbons (Fsp3) is 0.577. The first-order valence-corrected chi connectivity index (χ1v) is 11.8. The molecular weight excluding hydrogens is 392 g/mol. The Bertz CT molecular complexity index is 896. The Morgan fingerprint density at radius 2 is 1.83 bits per heavy atom. The number of hydrogen-bond acceptors (Lipinski definition) is 3. The topological polar surface area (TPSA) is 25.4 Å². The van der Waals surface area contributed by atoms with Gasteiger partial charge >= 0.3 is 0 Å². The number of aromatic nitrogens is 1. The summed E-state index contributed by atoms with van der Waals surface area (Å²) in [6.07, 6.45) is 9.37. The molecule has 4 aliphatic rings. The van der Waals surface area contributed by atoms with Crippen molar-refractivity contribution in [3.63, 3.8) is 0 Å². The maximum Gasteiger partial charge on any atom is 0.129 e. The molecule has 1 heterocycles. The summed E-state index contributed by atoms with van der Waals surface area (Å²) in [5, 5.41) is 0.554. The van der Waals surface area contributed by atoms with Gasteiger partial charge in [-0.3, -0.25) is 0 Å². The van der Waals surface area contributed by atoms with Gasteiger partial charge in [-0.15, -0.1) is 0 Å². The molecule has 2 bridgehead atoms. The van der Waals surface area contributed by atoms with Crippen LogP contribution in [-0.4, -0.2) is 36.1 Å². The molecule has 4 heteroatoms. The minimum Gasteiger partial charge on any atom is -0.373 e. The highest BCUT2D eigenvalue weighted by Crippen LogP contribution is 2.70. The molecule has 30 heavy (non-hydrogen) atoms. The molecule has 0 N–H and O–H groups in total. The van der Waals surface area contributed by atoms with Crippen LogP contribution in [0, 0.1) is 11.8 Å². The highest BCUT2D eigenvalue weighted by molar-refractivity contribution is 6.29. The first-order chi connectivity index (χ1) is 14.4. The van der Waals surface area contributed by atoms with E-state index in [2.05, 4.69) is 60.3 Å². The molecule has 0 amide bonds. The summed E-state index contributed by atoms with van der Waals surface area (Å²) in [4.78, 5) is 6.88. The minimum absolute atomic E-state index is 0.292. The van der Waals surface area contributed by atoms with Crippen LogP contribution in [-0.2, 0) is 15.8 Å². The number of rotatable bonds is 6. The molecule has 0 saturated heterocycles. The van der Waals surface area contributed by atoms with E-state index in [0.717, 1.165) is 6.54 Å². The van der Waals surface area contributed by atoms with Crippen molar-refractivity contribution in [3.05, 3.63) is 64.9 Å². The van der Waals surface area contributed by atoms with Crippen molar-refractivity contribution in [2.45, 2.75) is 62.0 Å². The third-order valence-electron chi connectivity index (χ3n) is 8.74. The van der Waals surface area contributed by atoms with E-state index in [9.17, 15) is 0 Å². The van der Waals surface area contributed by atoms with Crippen LogP contribution < -0.4 is 0 Å². The van der Waals surface area contributed by atoms with Crippen molar-refractivity contribution in [2.24, 2.45) is 11.8 Å². The van der Waals surface area contributed by atoms with Crippen molar-refractivity contribution in [2.75, 3.05) is 20.7 Å². The van der Waals surface area contributed by atoms with Crippen LogP contribution in [0.1, 0.15) is 56.6 Å². The fourth-order valence-electron chi connectivity index (χ4n) is 7.14. The standard InChI is InChI=1S/C26H33ClN2O/c1-19-8-7-11-22(26(19,30-3)21-12-13-28-23(27)14-21)15-29(2)25-16-24(17-25,18-25)20-9-5-4-6-10-20/h4-6,9-10,12-14,19,22H,7-8,11,15-18H2,1-3H3. The lowest BCUT2D eigenvalue weighted by atomic mass is 9.37. The zero-order valence-corrected chi connectivity index (χ0v) is 19.2. The Kier molecular flexibility index (Phi) is 5.00. The highest BCUT2D eigenvalue weighted by atomic mass is 35.5. The molecule has 4 saturated carbocycles. The van der Waals surface area contributed by atoms with Crippen molar-refractivity contribution < 1.29 is 4.74 Å². The van der Waals surface area contributed by atoms with E-state index < -0.39 is 0 Å². The summed E-state index contributed by atoms with van der Waals surface area (Å²) in [7, 11) is 4.22. The Hall–Kier alpha value is -1.42. The normalized spacial score (nSPS) is 37.5. The number of methoxy groups -OCH3 is 1. The van der Waals surface area contributed by atoms with Gasteiger partial charge in [-0.25, -0.2) is 4.98 Å². The van der Waals surface area contributed by atoms with Gasteiger partial charge in [-0.2, -0.15) is 0 Å². The van der Waals surface area contributed by atoms with Crippen LogP contribution in [0.3, 0.4) is 0 Å². The predicted molar refractivity (Wildman–Crippen MR) is 122 cm³/mol. The molecule has 3 unspecified atom stereocenters. The van der Waals surface area contributed by atoms with E-state index >= 15 is 0 Å². The van der Waals surface area contributed by atoms with Crippen LogP contribution in [0.15, 0.2) is 48.7 Å². The van der Waals surface area contributed by atoms with Gasteiger partial charge in [0, 0.05) is 36.7 Å². The minimum atomic E-state index is -0.292. The number of benzene rings is 1. The van der Waals surface area contributed by atoms with E-state index in [1.807, 2.05) is 19.4 Å². The Morgan fingerprint density at radius 3 is 2.50 bits per heavy atom. The summed E-state index contributed by atoms with van der Waals surface area (Å²) < 4.78 is 6.40. The summed E-state index contributed by atoms with van der Waals surface area (Å²) in [5.41, 5.74) is 3.25. The zero-order valence-electron chi connectivity index (χ0n) is 18.4. The van der Waals surface area contributed by atoms with Gasteiger partial charge < -0.3 is 9.64 Å². The molecule has 160 valence electrons. The quantitative estimate of drug-likeness (QED) is 0.546. The van der Waals surface area contributed by atoms with E-state index in [0.29, 0.717) is 27.9 Å². The predicted octanol–water partition coefficient (Wildman–Crippen LogP) is 5.82. The van der Waals surface area contributed by atoms with Gasteiger partial charge in [-0.1, -0.05) is 55.3 Å². The van der Waals surface area contributed by atoms with E-state index in [-0.39, 0.29) is 5.60 Å². The summed E-state index contributed by atoms with van der Waals surface area (Å²) in [6.45, 7) is 3.42. The molecule has 1 aromatic carbocycles. The maximum atomic E-state index is 6.40. The second-order valence-electron chi connectivity index (χ2n) is 10.2. The van der Waals surface area contributed by atoms with Gasteiger partial charge in [0.1, 0.15) is 5.15 Å². The van der Waals surface area contributed by atoms with Gasteiger partial charge in [0.2, 0.25) is 0 Å². The molecule has 0 spiro atoms. The summed E-state index contributed by atoms with van der Waals surface area (Å²) in [6, 6.07) is 15.2. The largest absolute Gasteiger partial charge is 0.373 e. The Balaban J connectivity index is 1.36. The number of pyridine rings is 1. The van der Waals surface area contributed by atoms with Crippen LogP contribution in [0.4, 0.5) is 0 Å². The molecule has 0 aliphatic heterocycles. The smallest absolute Gasteiger partial charge is 0.129 e. The monoisotopic (exact) mass is 424 g/mol. The highest BCUT2D eigenvalue weighted by Gasteiger charge is 2.70. The van der Waals surface area contributed by atoms with Crippen LogP contribution in [0.2, 0.25) is 5.15 Å². The average Bonchev–Trinajstić information content (AvgIpc) is 2.67. The van der Waals surface area contributed by atoms with Crippen molar-refractivity contribution >= 4 is 11.6 Å². The zero-order chi connectivity index (χ0) is 21.0. The molecule has 2 aromatic rings. The van der Waals surface area contributed by atoms with Gasteiger partial charge in [0.05, 0.1) is 5.60 Å². The molecule has 3 nitrogen and oxygen atoms in total. The third kappa shape index (κ3) is 2.89. The molecule has 3 atom stereocenters. The number of hydrogen-bond donors (Lipinski definition) is 0. The lowest BCUT2D eigenvalue weighted by Crippen LogP contribution is -2.76. The molecular formula is C26H33ClN2O. The number of halogens is 1. The lowest BCUT2D eigenvalue weighted by Gasteiger charge is -2.74. The van der Waals surface area contributed by atoms with Gasteiger partial charge in [0.25, 0.3) is 0 Å². The molecule has 4 aliphatic carbocycles. The third-order valence-corrected chi connectivity index (χ3v) is 8.94. The van der Waals surface area contributed by atoms with E-state index in [1.165, 1.54) is 49.7 Å². The maximum absolute atomic E-state index is 6.40. The molecule has 6 rings (SSSR count). The molecule has 4 fully saturated rings. The number of nitrogens with zero attached hydrogens (tertiary/aromatic N) is 2. The van der Waals surface area contributed by atoms with E-state index in [4.69, 9.17) is 16.3 Å². The summed E-state index contributed by atoms with van der Waals surface area (Å²) >= 11 is 6.29. The van der Waals surface area contributed by atoms with E-state index in [1.54, 1.807) is 0 Å². The second-order valence-corrected chi connectivity index (χ2v) is 10.6. The van der Waals surface area contributed by atoms with Crippen molar-refractivity contribution in [1.82, 2.24) is 9.88 Å². The first kappa shape index (κ1) is 20.5. The Morgan fingerprint density at radius 1 is 1.10 bits per heavy atom. The van der Waals surface area contributed by atoms with Gasteiger partial charge in [-0.05, 0) is 68.3 Å². The van der Waals surface area contributed by atoms with Crippen LogP contribution in [0.25, 0.3) is 0 Å². The first-order valence-electron chi connectivity index (χ1n) is 11.4. The second kappa shape index (κ2) is 7.32. The average molecular weight is 425 g/mol.